The van der Waals surface area contributed by atoms with Gasteiger partial charge in [-0.05, 0) is 39.7 Å². The average Bonchev–Trinajstić information content (AvgIpc) is 2.31. The van der Waals surface area contributed by atoms with Crippen LogP contribution in [0.4, 0.5) is 0 Å². The molecule has 1 rings (SSSR count). The summed E-state index contributed by atoms with van der Waals surface area (Å²) in [6, 6.07) is 1.48. The Morgan fingerprint density at radius 3 is 2.64 bits per heavy atom. The van der Waals surface area contributed by atoms with Crippen molar-refractivity contribution in [1.29, 1.82) is 0 Å². The van der Waals surface area contributed by atoms with Crippen molar-refractivity contribution in [3.63, 3.8) is 0 Å². The summed E-state index contributed by atoms with van der Waals surface area (Å²) in [5.74, 6) is 0. The van der Waals surface area contributed by atoms with Crippen LogP contribution in [0.25, 0.3) is 0 Å². The van der Waals surface area contributed by atoms with E-state index in [4.69, 9.17) is 5.11 Å². The first-order valence-corrected chi connectivity index (χ1v) is 4.58. The van der Waals surface area contributed by atoms with Crippen LogP contribution in [0.2, 0.25) is 0 Å². The Labute approximate surface area is 69.2 Å². The van der Waals surface area contributed by atoms with Crippen molar-refractivity contribution < 1.29 is 5.11 Å². The molecular weight excluding hydrogens is 138 g/mol. The van der Waals surface area contributed by atoms with Gasteiger partial charge in [-0.15, -0.1) is 0 Å². The summed E-state index contributed by atoms with van der Waals surface area (Å²) in [6.07, 6.45) is 4.77. The first-order chi connectivity index (χ1) is 5.25. The largest absolute Gasteiger partial charge is 0.396 e. The maximum Gasteiger partial charge on any atom is 0.0431 e. The normalized spacial score (nSPS) is 33.0. The molecular formula is C9H19NO. The van der Waals surface area contributed by atoms with Gasteiger partial charge >= 0.3 is 0 Å². The van der Waals surface area contributed by atoms with E-state index in [1.165, 1.54) is 12.8 Å². The molecule has 1 N–H and O–H groups in total. The molecule has 0 radical (unpaired) electrons. The fourth-order valence-corrected chi connectivity index (χ4v) is 1.88. The lowest BCUT2D eigenvalue weighted by atomic mass is 10.1. The Balaban J connectivity index is 2.24. The number of hydrogen-bond acceptors (Lipinski definition) is 2. The minimum Gasteiger partial charge on any atom is -0.396 e. The number of hydrogen-bond donors (Lipinski definition) is 1. The average molecular weight is 157 g/mol. The van der Waals surface area contributed by atoms with Crippen molar-refractivity contribution in [2.45, 2.75) is 44.7 Å². The van der Waals surface area contributed by atoms with E-state index >= 15 is 0 Å². The van der Waals surface area contributed by atoms with Crippen LogP contribution in [-0.2, 0) is 0 Å². The minimum atomic E-state index is 0.346. The summed E-state index contributed by atoms with van der Waals surface area (Å²) in [4.78, 5) is 2.44. The highest BCUT2D eigenvalue weighted by atomic mass is 16.2. The third kappa shape index (κ3) is 2.17. The Bertz CT molecular complexity index is 116. The Morgan fingerprint density at radius 1 is 1.45 bits per heavy atom. The molecule has 1 fully saturated rings. The molecule has 0 aromatic rings. The van der Waals surface area contributed by atoms with Gasteiger partial charge in [-0.2, -0.15) is 0 Å². The van der Waals surface area contributed by atoms with Gasteiger partial charge in [0.15, 0.2) is 0 Å². The van der Waals surface area contributed by atoms with Crippen LogP contribution in [0.3, 0.4) is 0 Å². The molecule has 0 aromatic heterocycles. The van der Waals surface area contributed by atoms with Gasteiger partial charge in [0.2, 0.25) is 0 Å². The van der Waals surface area contributed by atoms with Gasteiger partial charge in [-0.1, -0.05) is 0 Å². The molecule has 0 aliphatic carbocycles. The fourth-order valence-electron chi connectivity index (χ4n) is 1.88. The summed E-state index contributed by atoms with van der Waals surface area (Å²) in [6.45, 7) is 2.62. The highest BCUT2D eigenvalue weighted by Crippen LogP contribution is 2.24. The van der Waals surface area contributed by atoms with Gasteiger partial charge in [-0.3, -0.25) is 0 Å². The standard InChI is InChI=1S/C9H19NO/c1-8-5-6-9(10(8)2)4-3-7-11/h8-9,11H,3-7H2,1-2H3/t8-,9?/m1/s1. The molecule has 1 aliphatic heterocycles. The van der Waals surface area contributed by atoms with Crippen molar-refractivity contribution in [3.05, 3.63) is 0 Å². The van der Waals surface area contributed by atoms with E-state index in [2.05, 4.69) is 18.9 Å². The number of aliphatic hydroxyl groups excluding tert-OH is 1. The zero-order chi connectivity index (χ0) is 8.27. The van der Waals surface area contributed by atoms with Crippen molar-refractivity contribution in [3.8, 4) is 0 Å². The molecule has 0 saturated carbocycles. The molecule has 2 atom stereocenters. The Kier molecular flexibility index (Phi) is 3.34. The second-order valence-corrected chi connectivity index (χ2v) is 3.61. The Hall–Kier alpha value is -0.0800. The van der Waals surface area contributed by atoms with E-state index in [-0.39, 0.29) is 0 Å². The van der Waals surface area contributed by atoms with Crippen LogP contribution in [0, 0.1) is 0 Å². The van der Waals surface area contributed by atoms with Crippen LogP contribution in [0.15, 0.2) is 0 Å². The molecule has 0 aromatic carbocycles. The van der Waals surface area contributed by atoms with E-state index in [0.29, 0.717) is 6.61 Å². The molecule has 1 heterocycles. The van der Waals surface area contributed by atoms with Crippen molar-refractivity contribution in [2.24, 2.45) is 0 Å². The molecule has 0 spiro atoms. The zero-order valence-electron chi connectivity index (χ0n) is 7.58. The highest BCUT2D eigenvalue weighted by Gasteiger charge is 2.25. The summed E-state index contributed by atoms with van der Waals surface area (Å²) >= 11 is 0. The number of aliphatic hydroxyl groups is 1. The van der Waals surface area contributed by atoms with Crippen LogP contribution >= 0.6 is 0 Å². The predicted molar refractivity (Wildman–Crippen MR) is 46.6 cm³/mol. The lowest BCUT2D eigenvalue weighted by Crippen LogP contribution is -2.30. The van der Waals surface area contributed by atoms with Crippen molar-refractivity contribution in [1.82, 2.24) is 4.90 Å². The lowest BCUT2D eigenvalue weighted by molar-refractivity contribution is 0.217. The third-order valence-corrected chi connectivity index (χ3v) is 2.88. The van der Waals surface area contributed by atoms with Crippen LogP contribution in [-0.4, -0.2) is 35.7 Å². The maximum absolute atomic E-state index is 8.66. The molecule has 2 nitrogen and oxygen atoms in total. The quantitative estimate of drug-likeness (QED) is 0.666. The molecule has 66 valence electrons. The topological polar surface area (TPSA) is 23.5 Å². The van der Waals surface area contributed by atoms with E-state index < -0.39 is 0 Å². The molecule has 0 amide bonds. The minimum absolute atomic E-state index is 0.346. The van der Waals surface area contributed by atoms with Crippen LogP contribution < -0.4 is 0 Å². The van der Waals surface area contributed by atoms with E-state index in [1.54, 1.807) is 0 Å². The second kappa shape index (κ2) is 4.07. The molecule has 1 aliphatic rings. The van der Waals surface area contributed by atoms with Crippen molar-refractivity contribution in [2.75, 3.05) is 13.7 Å². The summed E-state index contributed by atoms with van der Waals surface area (Å²) in [5, 5.41) is 8.66. The number of rotatable bonds is 3. The van der Waals surface area contributed by atoms with E-state index in [0.717, 1.165) is 24.9 Å². The van der Waals surface area contributed by atoms with Crippen LogP contribution in [0.1, 0.15) is 32.6 Å². The molecule has 1 saturated heterocycles. The number of nitrogens with zero attached hydrogens (tertiary/aromatic N) is 1. The monoisotopic (exact) mass is 157 g/mol. The highest BCUT2D eigenvalue weighted by molar-refractivity contribution is 4.82. The van der Waals surface area contributed by atoms with Gasteiger partial charge < -0.3 is 10.0 Å². The number of likely N-dealkylation sites (tertiary alicyclic amines) is 1. The van der Waals surface area contributed by atoms with Gasteiger partial charge in [0.1, 0.15) is 0 Å². The van der Waals surface area contributed by atoms with Gasteiger partial charge in [0.25, 0.3) is 0 Å². The van der Waals surface area contributed by atoms with E-state index in [1.807, 2.05) is 0 Å². The summed E-state index contributed by atoms with van der Waals surface area (Å²) < 4.78 is 0. The Morgan fingerprint density at radius 2 is 2.18 bits per heavy atom. The second-order valence-electron chi connectivity index (χ2n) is 3.61. The summed E-state index contributed by atoms with van der Waals surface area (Å²) in [7, 11) is 2.19. The third-order valence-electron chi connectivity index (χ3n) is 2.88. The van der Waals surface area contributed by atoms with Gasteiger partial charge in [-0.25, -0.2) is 0 Å². The first-order valence-electron chi connectivity index (χ1n) is 4.58. The smallest absolute Gasteiger partial charge is 0.0431 e. The van der Waals surface area contributed by atoms with Gasteiger partial charge in [0, 0.05) is 18.7 Å². The maximum atomic E-state index is 8.66. The predicted octanol–water partition coefficient (Wildman–Crippen LogP) is 1.24. The first kappa shape index (κ1) is 9.01. The lowest BCUT2D eigenvalue weighted by Gasteiger charge is -2.22. The summed E-state index contributed by atoms with van der Waals surface area (Å²) in [5.41, 5.74) is 0. The fraction of sp³-hybridized carbons (Fsp3) is 1.00. The zero-order valence-corrected chi connectivity index (χ0v) is 7.58. The SMILES string of the molecule is C[C@@H]1CCC(CCCO)N1C. The molecule has 0 bridgehead atoms. The van der Waals surface area contributed by atoms with Gasteiger partial charge in [0.05, 0.1) is 0 Å². The van der Waals surface area contributed by atoms with Crippen molar-refractivity contribution >= 4 is 0 Å². The molecule has 2 heteroatoms. The van der Waals surface area contributed by atoms with E-state index in [9.17, 15) is 0 Å². The molecule has 11 heavy (non-hydrogen) atoms. The molecule has 1 unspecified atom stereocenters. The van der Waals surface area contributed by atoms with Crippen LogP contribution in [0.5, 0.6) is 0 Å².